The molecule has 0 aliphatic carbocycles. The molecule has 0 spiro atoms. The molecule has 0 amide bonds. The number of aliphatic hydroxyl groups excluding tert-OH is 1. The largest absolute Gasteiger partial charge is 0.463 e. The Hall–Kier alpha value is -2.66. The Morgan fingerprint density at radius 3 is 2.46 bits per heavy atom. The van der Waals surface area contributed by atoms with Crippen LogP contribution in [0.3, 0.4) is 0 Å². The van der Waals surface area contributed by atoms with E-state index < -0.39 is 48.8 Å². The number of fused-ring (bicyclic) bond motifs is 1. The number of ether oxygens (including phenoxy) is 4. The molecule has 15 heteroatoms. The summed E-state index contributed by atoms with van der Waals surface area (Å²) in [6.45, 7) is 2.55. The highest BCUT2D eigenvalue weighted by Gasteiger charge is 2.53. The van der Waals surface area contributed by atoms with Gasteiger partial charge in [-0.25, -0.2) is 19.0 Å². The quantitative estimate of drug-likeness (QED) is 0.140. The standard InChI is InChI=1S/C24H26ClFIN5O7/c1-3-36-21(34)24(22(35)37-4-2,9-12-5-7-13(27)8-6-12)38-10-14-17(33)15(26)20(39-14)32-11-29-16-18(28)30-23(25)31-19(16)32/h5-8,11,14-15,17,20,33H,3-4,9-10H2,1-2H3,(H2,28,30,31)/t14-,15+,17-,20-/m1/s1. The second kappa shape index (κ2) is 12.2. The number of nitrogen functional groups attached to an aromatic ring is 1. The zero-order valence-corrected chi connectivity index (χ0v) is 23.8. The van der Waals surface area contributed by atoms with Gasteiger partial charge in [0.05, 0.1) is 26.1 Å². The summed E-state index contributed by atoms with van der Waals surface area (Å²) in [6.07, 6.45) is -5.33. The smallest absolute Gasteiger partial charge is 0.350 e. The highest BCUT2D eigenvalue weighted by Crippen LogP contribution is 2.35. The van der Waals surface area contributed by atoms with Crippen LogP contribution in [0, 0.1) is 3.57 Å². The number of carbonyl (C=O) groups excluding carboxylic acids is 2. The number of aromatic nitrogens is 4. The molecule has 1 saturated heterocycles. The molecule has 3 heterocycles. The summed E-state index contributed by atoms with van der Waals surface area (Å²) in [5.41, 5.74) is 4.45. The van der Waals surface area contributed by atoms with Crippen LogP contribution in [-0.4, -0.2) is 80.4 Å². The average Bonchev–Trinajstić information content (AvgIpc) is 3.44. The number of hydrogen-bond donors (Lipinski definition) is 2. The first-order valence-electron chi connectivity index (χ1n) is 12.0. The minimum Gasteiger partial charge on any atom is -0.463 e. The van der Waals surface area contributed by atoms with Crippen molar-refractivity contribution in [3.05, 3.63) is 45.0 Å². The normalized spacial score (nSPS) is 21.3. The van der Waals surface area contributed by atoms with E-state index >= 15 is 4.39 Å². The van der Waals surface area contributed by atoms with E-state index in [0.29, 0.717) is 5.56 Å². The van der Waals surface area contributed by atoms with Crippen molar-refractivity contribution in [3.63, 3.8) is 0 Å². The van der Waals surface area contributed by atoms with E-state index in [-0.39, 0.29) is 41.9 Å². The third-order valence-corrected chi connectivity index (χ3v) is 6.95. The van der Waals surface area contributed by atoms with Crippen molar-refractivity contribution in [2.45, 2.75) is 50.5 Å². The number of carbonyl (C=O) groups is 2. The number of alkyl halides is 1. The lowest BCUT2D eigenvalue weighted by Gasteiger charge is -2.30. The lowest BCUT2D eigenvalue weighted by atomic mass is 9.93. The van der Waals surface area contributed by atoms with Crippen molar-refractivity contribution in [1.82, 2.24) is 19.5 Å². The number of nitrogens with two attached hydrogens (primary N) is 1. The van der Waals surface area contributed by atoms with Gasteiger partial charge in [0.15, 0.2) is 23.9 Å². The van der Waals surface area contributed by atoms with Crippen LogP contribution in [0.4, 0.5) is 10.2 Å². The summed E-state index contributed by atoms with van der Waals surface area (Å²) in [6, 6.07) is 7.07. The Labute approximate surface area is 241 Å². The number of imidazole rings is 1. The van der Waals surface area contributed by atoms with E-state index in [2.05, 4.69) is 37.5 Å². The number of halogens is 3. The molecular weight excluding hydrogens is 652 g/mol. The number of anilines is 1. The van der Waals surface area contributed by atoms with Crippen molar-refractivity contribution >= 4 is 63.1 Å². The molecule has 1 aromatic carbocycles. The summed E-state index contributed by atoms with van der Waals surface area (Å²) in [5, 5.41) is 10.5. The van der Waals surface area contributed by atoms with Crippen LogP contribution >= 0.6 is 34.2 Å². The maximum Gasteiger partial charge on any atom is 0.350 e. The first-order chi connectivity index (χ1) is 18.6. The van der Waals surface area contributed by atoms with E-state index in [9.17, 15) is 14.7 Å². The van der Waals surface area contributed by atoms with E-state index in [1.54, 1.807) is 38.1 Å². The van der Waals surface area contributed by atoms with Gasteiger partial charge in [-0.3, -0.25) is 4.57 Å². The van der Waals surface area contributed by atoms with Gasteiger partial charge in [0.25, 0.3) is 5.60 Å². The average molecular weight is 678 g/mol. The second-order valence-electron chi connectivity index (χ2n) is 8.58. The Morgan fingerprint density at radius 2 is 1.85 bits per heavy atom. The van der Waals surface area contributed by atoms with Crippen molar-refractivity contribution in [2.75, 3.05) is 25.6 Å². The van der Waals surface area contributed by atoms with Crippen molar-refractivity contribution in [1.29, 1.82) is 0 Å². The fraction of sp³-hybridized carbons (Fsp3) is 0.458. The van der Waals surface area contributed by atoms with Crippen LogP contribution in [0.5, 0.6) is 0 Å². The van der Waals surface area contributed by atoms with Gasteiger partial charge < -0.3 is 29.8 Å². The van der Waals surface area contributed by atoms with Gasteiger partial charge >= 0.3 is 11.9 Å². The monoisotopic (exact) mass is 677 g/mol. The topological polar surface area (TPSA) is 161 Å². The Morgan fingerprint density at radius 1 is 1.21 bits per heavy atom. The molecule has 3 aromatic rings. The van der Waals surface area contributed by atoms with Crippen LogP contribution in [-0.2, 0) is 35.0 Å². The second-order valence-corrected chi connectivity index (χ2v) is 10.2. The third-order valence-electron chi connectivity index (χ3n) is 6.06. The number of benzene rings is 1. The van der Waals surface area contributed by atoms with Gasteiger partial charge in [-0.2, -0.15) is 9.97 Å². The zero-order chi connectivity index (χ0) is 28.3. The van der Waals surface area contributed by atoms with Crippen molar-refractivity contribution in [3.8, 4) is 0 Å². The summed E-state index contributed by atoms with van der Waals surface area (Å²) < 4.78 is 39.5. The first kappa shape index (κ1) is 29.3. The molecule has 0 unspecified atom stereocenters. The molecule has 1 fully saturated rings. The number of rotatable bonds is 10. The molecule has 1 aliphatic heterocycles. The fourth-order valence-corrected chi connectivity index (χ4v) is 4.70. The SMILES string of the molecule is CCOC(=O)C(Cc1ccc(I)cc1)(OC[C@H]1O[C@@H](n2cnc3c(N)nc(Cl)nc32)[C@@H](F)[C@@H]1O)C(=O)OCC. The van der Waals surface area contributed by atoms with Crippen molar-refractivity contribution in [2.24, 2.45) is 0 Å². The summed E-state index contributed by atoms with van der Waals surface area (Å²) in [4.78, 5) is 38.3. The molecule has 0 bridgehead atoms. The zero-order valence-electron chi connectivity index (χ0n) is 20.9. The highest BCUT2D eigenvalue weighted by atomic mass is 127. The van der Waals surface area contributed by atoms with Gasteiger partial charge in [0.2, 0.25) is 5.28 Å². The lowest BCUT2D eigenvalue weighted by molar-refractivity contribution is -0.197. The summed E-state index contributed by atoms with van der Waals surface area (Å²) >= 11 is 8.03. The number of hydrogen-bond acceptors (Lipinski definition) is 11. The van der Waals surface area contributed by atoms with Gasteiger partial charge in [-0.1, -0.05) is 12.1 Å². The molecule has 4 rings (SSSR count). The van der Waals surface area contributed by atoms with E-state index in [4.69, 9.17) is 36.3 Å². The van der Waals surface area contributed by atoms with Crippen molar-refractivity contribution < 1.29 is 38.0 Å². The van der Waals surface area contributed by atoms with Gasteiger partial charge in [-0.05, 0) is 65.7 Å². The van der Waals surface area contributed by atoms with Crippen LogP contribution in [0.1, 0.15) is 25.6 Å². The highest BCUT2D eigenvalue weighted by molar-refractivity contribution is 14.1. The van der Waals surface area contributed by atoms with E-state index in [1.807, 2.05) is 0 Å². The molecular formula is C24H26ClFIN5O7. The first-order valence-corrected chi connectivity index (χ1v) is 13.4. The van der Waals surface area contributed by atoms with Crippen LogP contribution in [0.2, 0.25) is 5.28 Å². The molecule has 39 heavy (non-hydrogen) atoms. The third kappa shape index (κ3) is 5.94. The summed E-state index contributed by atoms with van der Waals surface area (Å²) in [7, 11) is 0. The predicted octanol–water partition coefficient (Wildman–Crippen LogP) is 2.39. The van der Waals surface area contributed by atoms with Crippen LogP contribution < -0.4 is 5.73 Å². The van der Waals surface area contributed by atoms with E-state index in [1.165, 1.54) is 10.9 Å². The van der Waals surface area contributed by atoms with Gasteiger partial charge in [-0.15, -0.1) is 0 Å². The maximum atomic E-state index is 15.3. The van der Waals surface area contributed by atoms with E-state index in [0.717, 1.165) is 3.57 Å². The maximum absolute atomic E-state index is 15.3. The number of esters is 2. The molecule has 4 atom stereocenters. The Bertz CT molecular complexity index is 1330. The van der Waals surface area contributed by atoms with Gasteiger partial charge in [0, 0.05) is 9.99 Å². The predicted molar refractivity (Wildman–Crippen MR) is 144 cm³/mol. The molecule has 3 N–H and O–H groups in total. The summed E-state index contributed by atoms with van der Waals surface area (Å²) in [5.74, 6) is -1.97. The Balaban J connectivity index is 1.62. The molecule has 12 nitrogen and oxygen atoms in total. The molecule has 1 aliphatic rings. The minimum atomic E-state index is -2.23. The van der Waals surface area contributed by atoms with Crippen LogP contribution in [0.15, 0.2) is 30.6 Å². The molecule has 0 saturated carbocycles. The number of nitrogens with zero attached hydrogens (tertiary/aromatic N) is 4. The lowest BCUT2D eigenvalue weighted by Crippen LogP contribution is -2.54. The molecule has 0 radical (unpaired) electrons. The van der Waals surface area contributed by atoms with Crippen LogP contribution in [0.25, 0.3) is 11.2 Å². The van der Waals surface area contributed by atoms with Gasteiger partial charge in [0.1, 0.15) is 17.7 Å². The number of aliphatic hydroxyl groups is 1. The molecule has 2 aromatic heterocycles. The molecule has 210 valence electrons. The Kier molecular flexibility index (Phi) is 9.21. The minimum absolute atomic E-state index is 0.0122. The fourth-order valence-electron chi connectivity index (χ4n) is 4.17.